The van der Waals surface area contributed by atoms with Gasteiger partial charge in [-0.1, -0.05) is 33.6 Å². The predicted molar refractivity (Wildman–Crippen MR) is 62.1 cm³/mol. The molecular formula is C10H12BrClO3. The molecule has 0 spiro atoms. The third kappa shape index (κ3) is 3.16. The normalized spacial score (nSPS) is 15.0. The zero-order valence-corrected chi connectivity index (χ0v) is 10.2. The summed E-state index contributed by atoms with van der Waals surface area (Å²) < 4.78 is 0. The summed E-state index contributed by atoms with van der Waals surface area (Å²) in [5.41, 5.74) is 1.02. The van der Waals surface area contributed by atoms with Crippen LogP contribution in [0.2, 0.25) is 5.02 Å². The molecule has 0 aliphatic rings. The number of halogens is 2. The van der Waals surface area contributed by atoms with Crippen LogP contribution in [0, 0.1) is 0 Å². The number of benzene rings is 1. The predicted octanol–water partition coefficient (Wildman–Crippen LogP) is 1.62. The monoisotopic (exact) mass is 294 g/mol. The molecule has 0 bridgehead atoms. The van der Waals surface area contributed by atoms with Crippen molar-refractivity contribution in [2.75, 3.05) is 5.33 Å². The standard InChI is InChI=1S/C10H12BrClO3/c11-4-9(14)10(15)8-2-1-7(12)3-6(8)5-13/h1-3,9-10,13-15H,4-5H2. The van der Waals surface area contributed by atoms with E-state index in [2.05, 4.69) is 15.9 Å². The Labute approximate surface area is 101 Å². The van der Waals surface area contributed by atoms with Gasteiger partial charge in [-0.05, 0) is 23.3 Å². The van der Waals surface area contributed by atoms with Gasteiger partial charge < -0.3 is 15.3 Å². The van der Waals surface area contributed by atoms with Gasteiger partial charge in [-0.25, -0.2) is 0 Å². The number of aliphatic hydroxyl groups excluding tert-OH is 3. The molecule has 1 rings (SSSR count). The smallest absolute Gasteiger partial charge is 0.106 e. The maximum Gasteiger partial charge on any atom is 0.106 e. The first-order chi connectivity index (χ1) is 7.10. The quantitative estimate of drug-likeness (QED) is 0.740. The minimum absolute atomic E-state index is 0.220. The van der Waals surface area contributed by atoms with Crippen LogP contribution in [-0.4, -0.2) is 26.8 Å². The molecule has 15 heavy (non-hydrogen) atoms. The molecule has 3 nitrogen and oxygen atoms in total. The largest absolute Gasteiger partial charge is 0.392 e. The molecule has 5 heteroatoms. The van der Waals surface area contributed by atoms with E-state index in [4.69, 9.17) is 16.7 Å². The van der Waals surface area contributed by atoms with Crippen LogP contribution in [-0.2, 0) is 6.61 Å². The highest BCUT2D eigenvalue weighted by Crippen LogP contribution is 2.25. The summed E-state index contributed by atoms with van der Waals surface area (Å²) in [6.07, 6.45) is -1.93. The number of hydrogen-bond donors (Lipinski definition) is 3. The molecule has 0 saturated heterocycles. The Balaban J connectivity index is 3.02. The Morgan fingerprint density at radius 1 is 1.33 bits per heavy atom. The van der Waals surface area contributed by atoms with E-state index in [1.54, 1.807) is 18.2 Å². The van der Waals surface area contributed by atoms with Gasteiger partial charge >= 0.3 is 0 Å². The van der Waals surface area contributed by atoms with Crippen LogP contribution in [0.15, 0.2) is 18.2 Å². The van der Waals surface area contributed by atoms with Crippen molar-refractivity contribution in [3.05, 3.63) is 34.3 Å². The van der Waals surface area contributed by atoms with Gasteiger partial charge in [0.2, 0.25) is 0 Å². The second-order valence-electron chi connectivity index (χ2n) is 3.17. The van der Waals surface area contributed by atoms with Crippen molar-refractivity contribution in [2.45, 2.75) is 18.8 Å². The molecule has 84 valence electrons. The second kappa shape index (κ2) is 5.82. The maximum absolute atomic E-state index is 9.76. The zero-order valence-electron chi connectivity index (χ0n) is 7.90. The first-order valence-corrected chi connectivity index (χ1v) is 5.91. The second-order valence-corrected chi connectivity index (χ2v) is 4.25. The van der Waals surface area contributed by atoms with Crippen LogP contribution in [0.4, 0.5) is 0 Å². The highest BCUT2D eigenvalue weighted by Gasteiger charge is 2.19. The molecule has 0 aliphatic carbocycles. The topological polar surface area (TPSA) is 60.7 Å². The highest BCUT2D eigenvalue weighted by molar-refractivity contribution is 9.09. The van der Waals surface area contributed by atoms with Crippen LogP contribution < -0.4 is 0 Å². The van der Waals surface area contributed by atoms with Crippen molar-refractivity contribution >= 4 is 27.5 Å². The van der Waals surface area contributed by atoms with E-state index < -0.39 is 12.2 Å². The summed E-state index contributed by atoms with van der Waals surface area (Å²) in [7, 11) is 0. The lowest BCUT2D eigenvalue weighted by Gasteiger charge is -2.18. The summed E-state index contributed by atoms with van der Waals surface area (Å²) in [4.78, 5) is 0. The van der Waals surface area contributed by atoms with Crippen LogP contribution >= 0.6 is 27.5 Å². The lowest BCUT2D eigenvalue weighted by Crippen LogP contribution is -2.20. The fourth-order valence-electron chi connectivity index (χ4n) is 1.29. The SMILES string of the molecule is OCc1cc(Cl)ccc1C(O)C(O)CBr. The van der Waals surface area contributed by atoms with E-state index >= 15 is 0 Å². The molecule has 0 heterocycles. The number of rotatable bonds is 4. The Kier molecular flexibility index (Phi) is 5.02. The molecular weight excluding hydrogens is 283 g/mol. The molecule has 0 aliphatic heterocycles. The van der Waals surface area contributed by atoms with E-state index in [0.29, 0.717) is 16.1 Å². The third-order valence-electron chi connectivity index (χ3n) is 2.12. The average Bonchev–Trinajstić information content (AvgIpc) is 2.26. The number of aliphatic hydroxyl groups is 3. The van der Waals surface area contributed by atoms with Gasteiger partial charge in [0.05, 0.1) is 12.7 Å². The van der Waals surface area contributed by atoms with Crippen LogP contribution in [0.1, 0.15) is 17.2 Å². The fourth-order valence-corrected chi connectivity index (χ4v) is 1.84. The van der Waals surface area contributed by atoms with Crippen LogP contribution in [0.3, 0.4) is 0 Å². The molecule has 3 N–H and O–H groups in total. The average molecular weight is 296 g/mol. The van der Waals surface area contributed by atoms with E-state index in [9.17, 15) is 10.2 Å². The van der Waals surface area contributed by atoms with Crippen molar-refractivity contribution in [3.8, 4) is 0 Å². The van der Waals surface area contributed by atoms with Crippen molar-refractivity contribution in [1.29, 1.82) is 0 Å². The Morgan fingerprint density at radius 3 is 2.53 bits per heavy atom. The van der Waals surface area contributed by atoms with Crippen molar-refractivity contribution in [1.82, 2.24) is 0 Å². The fraction of sp³-hybridized carbons (Fsp3) is 0.400. The molecule has 2 atom stereocenters. The molecule has 0 saturated carbocycles. The molecule has 1 aromatic rings. The summed E-state index contributed by atoms with van der Waals surface area (Å²) in [6, 6.07) is 4.78. The van der Waals surface area contributed by atoms with Crippen LogP contribution in [0.5, 0.6) is 0 Å². The number of hydrogen-bond acceptors (Lipinski definition) is 3. The summed E-state index contributed by atoms with van der Waals surface area (Å²) in [6.45, 7) is -0.220. The lowest BCUT2D eigenvalue weighted by molar-refractivity contribution is 0.0330. The van der Waals surface area contributed by atoms with Crippen molar-refractivity contribution in [2.24, 2.45) is 0 Å². The summed E-state index contributed by atoms with van der Waals surface area (Å²) >= 11 is 8.82. The highest BCUT2D eigenvalue weighted by atomic mass is 79.9. The van der Waals surface area contributed by atoms with Crippen LogP contribution in [0.25, 0.3) is 0 Å². The molecule has 0 aromatic heterocycles. The molecule has 0 radical (unpaired) electrons. The first-order valence-electron chi connectivity index (χ1n) is 4.41. The van der Waals surface area contributed by atoms with Gasteiger partial charge in [-0.3, -0.25) is 0 Å². The van der Waals surface area contributed by atoms with Gasteiger partial charge in [-0.15, -0.1) is 0 Å². The Morgan fingerprint density at radius 2 is 2.00 bits per heavy atom. The third-order valence-corrected chi connectivity index (χ3v) is 3.02. The minimum Gasteiger partial charge on any atom is -0.392 e. The van der Waals surface area contributed by atoms with Gasteiger partial charge in [0.1, 0.15) is 6.10 Å². The summed E-state index contributed by atoms with van der Waals surface area (Å²) in [5, 5.41) is 29.1. The van der Waals surface area contributed by atoms with E-state index in [1.165, 1.54) is 0 Å². The molecule has 0 amide bonds. The van der Waals surface area contributed by atoms with Gasteiger partial charge in [0, 0.05) is 10.4 Å². The van der Waals surface area contributed by atoms with Crippen molar-refractivity contribution in [3.63, 3.8) is 0 Å². The molecule has 1 aromatic carbocycles. The Bertz CT molecular complexity index is 332. The maximum atomic E-state index is 9.76. The first kappa shape index (κ1) is 12.9. The Hall–Kier alpha value is -0.130. The minimum atomic E-state index is -1.02. The van der Waals surface area contributed by atoms with Crippen molar-refractivity contribution < 1.29 is 15.3 Å². The number of alkyl halides is 1. The summed E-state index contributed by atoms with van der Waals surface area (Å²) in [5.74, 6) is 0. The lowest BCUT2D eigenvalue weighted by atomic mass is 10.00. The van der Waals surface area contributed by atoms with Gasteiger partial charge in [0.25, 0.3) is 0 Å². The van der Waals surface area contributed by atoms with E-state index in [1.807, 2.05) is 0 Å². The van der Waals surface area contributed by atoms with Gasteiger partial charge in [-0.2, -0.15) is 0 Å². The molecule has 2 unspecified atom stereocenters. The zero-order chi connectivity index (χ0) is 11.4. The van der Waals surface area contributed by atoms with E-state index in [-0.39, 0.29) is 11.9 Å². The van der Waals surface area contributed by atoms with E-state index in [0.717, 1.165) is 0 Å². The van der Waals surface area contributed by atoms with Gasteiger partial charge in [0.15, 0.2) is 0 Å². The molecule has 0 fully saturated rings.